The maximum atomic E-state index is 11.8. The second-order valence-corrected chi connectivity index (χ2v) is 5.25. The lowest BCUT2D eigenvalue weighted by Crippen LogP contribution is -2.31. The molecule has 0 saturated carbocycles. The molecule has 1 saturated heterocycles. The highest BCUT2D eigenvalue weighted by Gasteiger charge is 2.19. The monoisotopic (exact) mass is 325 g/mol. The number of hydrogen-bond acceptors (Lipinski definition) is 3. The summed E-state index contributed by atoms with van der Waals surface area (Å²) in [6.07, 6.45) is 2.38. The Morgan fingerprint density at radius 1 is 1.47 bits per heavy atom. The summed E-state index contributed by atoms with van der Waals surface area (Å²) in [4.78, 5) is 29.1. The topological polar surface area (TPSA) is 62.3 Å². The van der Waals surface area contributed by atoms with Crippen LogP contribution in [0.25, 0.3) is 0 Å². The van der Waals surface area contributed by atoms with Crippen LogP contribution < -0.4 is 5.32 Å². The molecule has 1 aromatic heterocycles. The summed E-state index contributed by atoms with van der Waals surface area (Å²) < 4.78 is 0.641. The largest absolute Gasteiger partial charge is 0.351 e. The van der Waals surface area contributed by atoms with Crippen molar-refractivity contribution < 1.29 is 9.59 Å². The van der Waals surface area contributed by atoms with Gasteiger partial charge in [-0.25, -0.2) is 4.98 Å². The van der Waals surface area contributed by atoms with Gasteiger partial charge in [-0.2, -0.15) is 0 Å². The highest BCUT2D eigenvalue weighted by atomic mass is 79.9. The molecule has 1 aliphatic rings. The highest BCUT2D eigenvalue weighted by Crippen LogP contribution is 2.09. The summed E-state index contributed by atoms with van der Waals surface area (Å²) in [5.41, 5.74) is 0.395. The Balaban J connectivity index is 1.71. The fourth-order valence-electron chi connectivity index (χ4n) is 2.04. The average Bonchev–Trinajstić information content (AvgIpc) is 2.80. The van der Waals surface area contributed by atoms with E-state index in [0.29, 0.717) is 29.8 Å². The van der Waals surface area contributed by atoms with Crippen LogP contribution in [0.4, 0.5) is 0 Å². The van der Waals surface area contributed by atoms with Crippen LogP contribution in [0.5, 0.6) is 0 Å². The third kappa shape index (κ3) is 4.02. The van der Waals surface area contributed by atoms with Gasteiger partial charge < -0.3 is 10.2 Å². The van der Waals surface area contributed by atoms with E-state index in [0.717, 1.165) is 19.4 Å². The van der Waals surface area contributed by atoms with Crippen molar-refractivity contribution in [1.29, 1.82) is 0 Å². The van der Waals surface area contributed by atoms with Gasteiger partial charge in [0.25, 0.3) is 5.91 Å². The Morgan fingerprint density at radius 2 is 2.32 bits per heavy atom. The van der Waals surface area contributed by atoms with Crippen LogP contribution in [-0.2, 0) is 4.79 Å². The first-order valence-corrected chi connectivity index (χ1v) is 7.14. The fraction of sp³-hybridized carbons (Fsp3) is 0.462. The molecule has 2 rings (SSSR count). The van der Waals surface area contributed by atoms with Crippen LogP contribution in [0.2, 0.25) is 0 Å². The first-order chi connectivity index (χ1) is 9.16. The van der Waals surface area contributed by atoms with E-state index < -0.39 is 0 Å². The minimum atomic E-state index is -0.186. The van der Waals surface area contributed by atoms with Crippen molar-refractivity contribution in [2.45, 2.75) is 19.3 Å². The van der Waals surface area contributed by atoms with Gasteiger partial charge in [0, 0.05) is 26.1 Å². The molecule has 1 aliphatic heterocycles. The molecule has 0 aliphatic carbocycles. The van der Waals surface area contributed by atoms with Gasteiger partial charge in [0.2, 0.25) is 5.91 Å². The van der Waals surface area contributed by atoms with E-state index in [4.69, 9.17) is 0 Å². The second-order valence-electron chi connectivity index (χ2n) is 4.44. The predicted octanol–water partition coefficient (Wildman–Crippen LogP) is 1.59. The van der Waals surface area contributed by atoms with Crippen molar-refractivity contribution >= 4 is 27.7 Å². The molecule has 0 aromatic carbocycles. The Bertz CT molecular complexity index is 479. The molecule has 1 N–H and O–H groups in total. The number of carbonyl (C=O) groups excluding carboxylic acids is 2. The molecule has 1 fully saturated rings. The van der Waals surface area contributed by atoms with Gasteiger partial charge in [-0.1, -0.05) is 6.07 Å². The smallest absolute Gasteiger partial charge is 0.269 e. The predicted molar refractivity (Wildman–Crippen MR) is 74.7 cm³/mol. The third-order valence-corrected chi connectivity index (χ3v) is 3.45. The van der Waals surface area contributed by atoms with Gasteiger partial charge in [0.1, 0.15) is 10.3 Å². The average molecular weight is 326 g/mol. The molecule has 102 valence electrons. The minimum Gasteiger partial charge on any atom is -0.351 e. The van der Waals surface area contributed by atoms with Crippen molar-refractivity contribution in [1.82, 2.24) is 15.2 Å². The minimum absolute atomic E-state index is 0.186. The second kappa shape index (κ2) is 6.65. The molecule has 0 atom stereocenters. The Hall–Kier alpha value is -1.43. The van der Waals surface area contributed by atoms with Crippen molar-refractivity contribution in [2.24, 2.45) is 0 Å². The molecule has 19 heavy (non-hydrogen) atoms. The number of hydrogen-bond donors (Lipinski definition) is 1. The number of pyridine rings is 1. The van der Waals surface area contributed by atoms with E-state index in [1.807, 2.05) is 4.90 Å². The normalized spacial score (nSPS) is 14.8. The van der Waals surface area contributed by atoms with Crippen LogP contribution >= 0.6 is 15.9 Å². The number of nitrogens with one attached hydrogen (secondary N) is 1. The molecule has 2 amide bonds. The molecule has 0 unspecified atom stereocenters. The van der Waals surface area contributed by atoms with Gasteiger partial charge in [0.05, 0.1) is 0 Å². The van der Waals surface area contributed by atoms with Crippen molar-refractivity contribution in [3.8, 4) is 0 Å². The standard InChI is InChI=1S/C13H16BrN3O2/c14-11-5-1-4-10(16-11)13(19)15-7-3-9-17-8-2-6-12(17)18/h1,4-5H,2-3,6-9H2,(H,15,19). The van der Waals surface area contributed by atoms with E-state index in [-0.39, 0.29) is 11.8 Å². The first-order valence-electron chi connectivity index (χ1n) is 6.35. The molecule has 2 heterocycles. The van der Waals surface area contributed by atoms with Crippen molar-refractivity contribution in [2.75, 3.05) is 19.6 Å². The summed E-state index contributed by atoms with van der Waals surface area (Å²) in [7, 11) is 0. The summed E-state index contributed by atoms with van der Waals surface area (Å²) in [6, 6.07) is 5.22. The number of likely N-dealkylation sites (tertiary alicyclic amines) is 1. The van der Waals surface area contributed by atoms with E-state index in [9.17, 15) is 9.59 Å². The molecule has 0 bridgehead atoms. The van der Waals surface area contributed by atoms with E-state index >= 15 is 0 Å². The third-order valence-electron chi connectivity index (χ3n) is 3.01. The first kappa shape index (κ1) is 14.0. The lowest BCUT2D eigenvalue weighted by atomic mass is 10.3. The fourth-order valence-corrected chi connectivity index (χ4v) is 2.38. The lowest BCUT2D eigenvalue weighted by Gasteiger charge is -2.15. The van der Waals surface area contributed by atoms with Crippen LogP contribution in [0.15, 0.2) is 22.8 Å². The zero-order valence-corrected chi connectivity index (χ0v) is 12.1. The van der Waals surface area contributed by atoms with Crippen molar-refractivity contribution in [3.05, 3.63) is 28.5 Å². The SMILES string of the molecule is O=C(NCCCN1CCCC1=O)c1cccc(Br)n1. The molecule has 5 nitrogen and oxygen atoms in total. The van der Waals surface area contributed by atoms with Crippen LogP contribution in [-0.4, -0.2) is 41.3 Å². The number of aromatic nitrogens is 1. The van der Waals surface area contributed by atoms with Crippen LogP contribution in [0.3, 0.4) is 0 Å². The Labute approximate surface area is 120 Å². The number of nitrogens with zero attached hydrogens (tertiary/aromatic N) is 2. The summed E-state index contributed by atoms with van der Waals surface area (Å²) in [6.45, 7) is 2.11. The zero-order valence-electron chi connectivity index (χ0n) is 10.6. The summed E-state index contributed by atoms with van der Waals surface area (Å²) >= 11 is 3.23. The van der Waals surface area contributed by atoms with Gasteiger partial charge >= 0.3 is 0 Å². The van der Waals surface area contributed by atoms with E-state index in [1.54, 1.807) is 18.2 Å². The Kier molecular flexibility index (Phi) is 4.90. The van der Waals surface area contributed by atoms with E-state index in [2.05, 4.69) is 26.2 Å². The molecule has 0 radical (unpaired) electrons. The van der Waals surface area contributed by atoms with Gasteiger partial charge in [-0.05, 0) is 40.9 Å². The van der Waals surface area contributed by atoms with Gasteiger partial charge in [-0.15, -0.1) is 0 Å². The molecule has 1 aromatic rings. The molecular weight excluding hydrogens is 310 g/mol. The maximum absolute atomic E-state index is 11.8. The Morgan fingerprint density at radius 3 is 3.00 bits per heavy atom. The molecule has 0 spiro atoms. The molecular formula is C13H16BrN3O2. The van der Waals surface area contributed by atoms with Gasteiger partial charge in [0.15, 0.2) is 0 Å². The summed E-state index contributed by atoms with van der Waals surface area (Å²) in [5.74, 6) is 0.0361. The number of amides is 2. The summed E-state index contributed by atoms with van der Waals surface area (Å²) in [5, 5.41) is 2.80. The van der Waals surface area contributed by atoms with Gasteiger partial charge in [-0.3, -0.25) is 9.59 Å². The van der Waals surface area contributed by atoms with Crippen LogP contribution in [0.1, 0.15) is 29.8 Å². The molecule has 6 heteroatoms. The zero-order chi connectivity index (χ0) is 13.7. The highest BCUT2D eigenvalue weighted by molar-refractivity contribution is 9.10. The van der Waals surface area contributed by atoms with Crippen molar-refractivity contribution in [3.63, 3.8) is 0 Å². The van der Waals surface area contributed by atoms with E-state index in [1.165, 1.54) is 0 Å². The number of halogens is 1. The number of rotatable bonds is 5. The van der Waals surface area contributed by atoms with Crippen LogP contribution in [0, 0.1) is 0 Å². The maximum Gasteiger partial charge on any atom is 0.269 e. The number of carbonyl (C=O) groups is 2. The lowest BCUT2D eigenvalue weighted by molar-refractivity contribution is -0.127. The quantitative estimate of drug-likeness (QED) is 0.660.